The number of halogens is 1. The summed E-state index contributed by atoms with van der Waals surface area (Å²) in [6.07, 6.45) is 2.34. The van der Waals surface area contributed by atoms with Gasteiger partial charge in [-0.15, -0.1) is 5.10 Å². The van der Waals surface area contributed by atoms with E-state index in [2.05, 4.69) is 37.8 Å². The van der Waals surface area contributed by atoms with Gasteiger partial charge in [-0.25, -0.2) is 9.50 Å². The Bertz CT molecular complexity index is 543. The van der Waals surface area contributed by atoms with E-state index in [9.17, 15) is 0 Å². The number of rotatable bonds is 2. The summed E-state index contributed by atoms with van der Waals surface area (Å²) in [5.41, 5.74) is 0.928. The van der Waals surface area contributed by atoms with Crippen LogP contribution in [0.3, 0.4) is 0 Å². The molecule has 0 unspecified atom stereocenters. The minimum absolute atomic E-state index is 0.514. The van der Waals surface area contributed by atoms with Crippen molar-refractivity contribution in [2.75, 3.05) is 19.6 Å². The lowest BCUT2D eigenvalue weighted by molar-refractivity contribution is 0.219. The highest BCUT2D eigenvalue weighted by molar-refractivity contribution is 9.10. The van der Waals surface area contributed by atoms with Crippen molar-refractivity contribution in [2.45, 2.75) is 25.7 Å². The van der Waals surface area contributed by atoms with Crippen LogP contribution >= 0.6 is 15.9 Å². The van der Waals surface area contributed by atoms with Crippen LogP contribution in [0.15, 0.2) is 22.8 Å². The van der Waals surface area contributed by atoms with Crippen LogP contribution in [0.25, 0.3) is 5.65 Å². The van der Waals surface area contributed by atoms with Gasteiger partial charge in [0.05, 0.1) is 0 Å². The predicted molar refractivity (Wildman–Crippen MR) is 74.8 cm³/mol. The zero-order valence-electron chi connectivity index (χ0n) is 10.5. The van der Waals surface area contributed by atoms with Gasteiger partial charge in [0, 0.05) is 5.92 Å². The minimum Gasteiger partial charge on any atom is -0.304 e. The average Bonchev–Trinajstić information content (AvgIpc) is 2.84. The van der Waals surface area contributed by atoms with Crippen molar-refractivity contribution in [2.24, 2.45) is 0 Å². The van der Waals surface area contributed by atoms with Crippen molar-refractivity contribution >= 4 is 21.6 Å². The smallest absolute Gasteiger partial charge is 0.156 e. The number of hydrogen-bond acceptors (Lipinski definition) is 3. The molecule has 0 spiro atoms. The second-order valence-electron chi connectivity index (χ2n) is 4.80. The van der Waals surface area contributed by atoms with Gasteiger partial charge in [-0.3, -0.25) is 0 Å². The predicted octanol–water partition coefficient (Wildman–Crippen LogP) is 2.69. The van der Waals surface area contributed by atoms with Crippen molar-refractivity contribution in [1.82, 2.24) is 19.5 Å². The van der Waals surface area contributed by atoms with E-state index < -0.39 is 0 Å². The third-order valence-electron chi connectivity index (χ3n) is 3.73. The second-order valence-corrected chi connectivity index (χ2v) is 5.61. The van der Waals surface area contributed by atoms with E-state index >= 15 is 0 Å². The number of aromatic nitrogens is 3. The third-order valence-corrected chi connectivity index (χ3v) is 4.33. The van der Waals surface area contributed by atoms with E-state index in [0.717, 1.165) is 35.7 Å². The maximum Gasteiger partial charge on any atom is 0.156 e. The summed E-state index contributed by atoms with van der Waals surface area (Å²) in [6.45, 7) is 5.70. The summed E-state index contributed by atoms with van der Waals surface area (Å²) in [5.74, 6) is 1.51. The molecule has 0 aromatic carbocycles. The molecule has 2 aromatic heterocycles. The first-order chi connectivity index (χ1) is 8.78. The van der Waals surface area contributed by atoms with Gasteiger partial charge in [0.25, 0.3) is 0 Å². The molecule has 1 saturated heterocycles. The van der Waals surface area contributed by atoms with E-state index in [-0.39, 0.29) is 0 Å². The van der Waals surface area contributed by atoms with Crippen molar-refractivity contribution < 1.29 is 0 Å². The van der Waals surface area contributed by atoms with Crippen LogP contribution in [0.1, 0.15) is 31.5 Å². The molecule has 96 valence electrons. The highest BCUT2D eigenvalue weighted by Crippen LogP contribution is 2.26. The Kier molecular flexibility index (Phi) is 3.35. The molecule has 5 heteroatoms. The van der Waals surface area contributed by atoms with E-state index in [4.69, 9.17) is 0 Å². The first kappa shape index (κ1) is 12.1. The fraction of sp³-hybridized carbons (Fsp3) is 0.538. The molecule has 1 fully saturated rings. The number of hydrogen-bond donors (Lipinski definition) is 0. The fourth-order valence-corrected chi connectivity index (χ4v) is 2.98. The first-order valence-electron chi connectivity index (χ1n) is 6.51. The summed E-state index contributed by atoms with van der Waals surface area (Å²) < 4.78 is 2.84. The van der Waals surface area contributed by atoms with Crippen LogP contribution in [0, 0.1) is 0 Å². The van der Waals surface area contributed by atoms with Gasteiger partial charge in [-0.2, -0.15) is 0 Å². The zero-order valence-corrected chi connectivity index (χ0v) is 12.1. The summed E-state index contributed by atoms with van der Waals surface area (Å²) in [6, 6.07) is 5.99. The van der Waals surface area contributed by atoms with E-state index in [1.165, 1.54) is 12.8 Å². The topological polar surface area (TPSA) is 33.4 Å². The molecule has 0 radical (unpaired) electrons. The molecule has 1 aliphatic rings. The molecular formula is C13H17BrN4. The molecule has 1 aliphatic heterocycles. The highest BCUT2D eigenvalue weighted by Gasteiger charge is 2.23. The van der Waals surface area contributed by atoms with Gasteiger partial charge >= 0.3 is 0 Å². The Morgan fingerprint density at radius 1 is 1.33 bits per heavy atom. The number of pyridine rings is 1. The van der Waals surface area contributed by atoms with Crippen molar-refractivity contribution in [3.8, 4) is 0 Å². The van der Waals surface area contributed by atoms with Crippen molar-refractivity contribution in [3.63, 3.8) is 0 Å². The Morgan fingerprint density at radius 2 is 2.11 bits per heavy atom. The van der Waals surface area contributed by atoms with E-state index in [1.807, 2.05) is 22.7 Å². The van der Waals surface area contributed by atoms with Gasteiger partial charge in [0.15, 0.2) is 11.5 Å². The van der Waals surface area contributed by atoms with Gasteiger partial charge in [-0.1, -0.05) is 13.0 Å². The highest BCUT2D eigenvalue weighted by atomic mass is 79.9. The second kappa shape index (κ2) is 4.97. The van der Waals surface area contributed by atoms with Crippen LogP contribution in [-0.4, -0.2) is 39.1 Å². The molecule has 4 nitrogen and oxygen atoms in total. The van der Waals surface area contributed by atoms with Gasteiger partial charge in [0.1, 0.15) is 4.60 Å². The molecule has 0 atom stereocenters. The third kappa shape index (κ3) is 2.17. The maximum atomic E-state index is 4.65. The lowest BCUT2D eigenvalue weighted by atomic mass is 9.96. The fourth-order valence-electron chi connectivity index (χ4n) is 2.57. The summed E-state index contributed by atoms with van der Waals surface area (Å²) >= 11 is 3.51. The number of piperidine rings is 1. The van der Waals surface area contributed by atoms with E-state index in [0.29, 0.717) is 5.92 Å². The molecule has 18 heavy (non-hydrogen) atoms. The van der Waals surface area contributed by atoms with Crippen LogP contribution in [0.4, 0.5) is 0 Å². The van der Waals surface area contributed by atoms with Crippen molar-refractivity contribution in [1.29, 1.82) is 0 Å². The van der Waals surface area contributed by atoms with Crippen LogP contribution in [-0.2, 0) is 0 Å². The molecular weight excluding hydrogens is 292 g/mol. The molecule has 3 heterocycles. The van der Waals surface area contributed by atoms with Gasteiger partial charge in [-0.05, 0) is 60.5 Å². The molecule has 2 aromatic rings. The normalized spacial score (nSPS) is 18.6. The van der Waals surface area contributed by atoms with Crippen LogP contribution in [0.2, 0.25) is 0 Å². The number of likely N-dealkylation sites (tertiary alicyclic amines) is 1. The Labute approximate surface area is 115 Å². The standard InChI is InChI=1S/C13H17BrN4/c1-2-17-8-6-10(7-9-17)13-15-12-5-3-4-11(14)18(12)16-13/h3-5,10H,2,6-9H2,1H3. The van der Waals surface area contributed by atoms with Crippen LogP contribution in [0.5, 0.6) is 0 Å². The molecule has 0 saturated carbocycles. The van der Waals surface area contributed by atoms with Gasteiger partial charge in [0.2, 0.25) is 0 Å². The average molecular weight is 309 g/mol. The molecule has 0 aliphatic carbocycles. The molecule has 3 rings (SSSR count). The number of nitrogens with zero attached hydrogens (tertiary/aromatic N) is 4. The first-order valence-corrected chi connectivity index (χ1v) is 7.30. The SMILES string of the molecule is CCN1CCC(c2nc3cccc(Br)n3n2)CC1. The molecule has 0 bridgehead atoms. The maximum absolute atomic E-state index is 4.65. The van der Waals surface area contributed by atoms with Crippen LogP contribution < -0.4 is 0 Å². The number of fused-ring (bicyclic) bond motifs is 1. The largest absolute Gasteiger partial charge is 0.304 e. The Morgan fingerprint density at radius 3 is 2.78 bits per heavy atom. The lowest BCUT2D eigenvalue weighted by Gasteiger charge is -2.29. The quantitative estimate of drug-likeness (QED) is 0.800. The lowest BCUT2D eigenvalue weighted by Crippen LogP contribution is -2.32. The summed E-state index contributed by atoms with van der Waals surface area (Å²) in [7, 11) is 0. The zero-order chi connectivity index (χ0) is 12.5. The van der Waals surface area contributed by atoms with E-state index in [1.54, 1.807) is 0 Å². The minimum atomic E-state index is 0.514. The monoisotopic (exact) mass is 308 g/mol. The Hall–Kier alpha value is -0.940. The summed E-state index contributed by atoms with van der Waals surface area (Å²) in [5, 5.41) is 4.63. The Balaban J connectivity index is 1.85. The molecule has 0 amide bonds. The van der Waals surface area contributed by atoms with Crippen molar-refractivity contribution in [3.05, 3.63) is 28.6 Å². The van der Waals surface area contributed by atoms with Gasteiger partial charge < -0.3 is 4.90 Å². The summed E-state index contributed by atoms with van der Waals surface area (Å²) in [4.78, 5) is 7.14. The molecule has 0 N–H and O–H groups in total.